The Morgan fingerprint density at radius 1 is 1.45 bits per heavy atom. The molecule has 0 spiro atoms. The molecule has 2 rings (SSSR count). The smallest absolute Gasteiger partial charge is 0.319 e. The van der Waals surface area contributed by atoms with Gasteiger partial charge in [-0.15, -0.1) is 0 Å². The van der Waals surface area contributed by atoms with E-state index in [0.717, 1.165) is 25.2 Å². The molecule has 6 heteroatoms. The Balaban J connectivity index is 1.74. The normalized spacial score (nSPS) is 17.2. The van der Waals surface area contributed by atoms with E-state index >= 15 is 0 Å². The van der Waals surface area contributed by atoms with Gasteiger partial charge in [-0.25, -0.2) is 4.79 Å². The number of benzene rings is 1. The maximum absolute atomic E-state index is 11.7. The highest BCUT2D eigenvalue weighted by Gasteiger charge is 2.16. The van der Waals surface area contributed by atoms with Crippen LogP contribution in [0.5, 0.6) is 5.75 Å². The molecule has 0 aliphatic carbocycles. The van der Waals surface area contributed by atoms with E-state index in [1.54, 1.807) is 6.07 Å². The van der Waals surface area contributed by atoms with Crippen molar-refractivity contribution in [1.82, 2.24) is 5.32 Å². The van der Waals surface area contributed by atoms with Crippen molar-refractivity contribution in [2.75, 3.05) is 38.3 Å². The monoisotopic (exact) mass is 308 g/mol. The van der Waals surface area contributed by atoms with E-state index in [2.05, 4.69) is 10.6 Å². The molecule has 1 aromatic rings. The molecule has 1 fully saturated rings. The molecule has 6 nitrogen and oxygen atoms in total. The Kier molecular flexibility index (Phi) is 6.99. The summed E-state index contributed by atoms with van der Waals surface area (Å²) in [6.07, 6.45) is 2.32. The fourth-order valence-electron chi connectivity index (χ4n) is 2.18. The van der Waals surface area contributed by atoms with Crippen LogP contribution in [0.3, 0.4) is 0 Å². The van der Waals surface area contributed by atoms with Gasteiger partial charge in [-0.3, -0.25) is 0 Å². The number of carbonyl (C=O) groups is 1. The van der Waals surface area contributed by atoms with Gasteiger partial charge in [0.25, 0.3) is 0 Å². The molecule has 1 aliphatic heterocycles. The Bertz CT molecular complexity index is 461. The molecule has 1 heterocycles. The van der Waals surface area contributed by atoms with E-state index in [1.807, 2.05) is 25.1 Å². The second kappa shape index (κ2) is 9.27. The average Bonchev–Trinajstić information content (AvgIpc) is 3.03. The predicted molar refractivity (Wildman–Crippen MR) is 84.4 cm³/mol. The van der Waals surface area contributed by atoms with Gasteiger partial charge in [-0.1, -0.05) is 6.07 Å². The lowest BCUT2D eigenvalue weighted by molar-refractivity contribution is 0.0680. The van der Waals surface area contributed by atoms with E-state index in [1.165, 1.54) is 0 Å². The molecule has 1 aromatic carbocycles. The van der Waals surface area contributed by atoms with Gasteiger partial charge in [0.15, 0.2) is 0 Å². The van der Waals surface area contributed by atoms with Crippen LogP contribution in [0.4, 0.5) is 10.5 Å². The lowest BCUT2D eigenvalue weighted by Crippen LogP contribution is -2.31. The van der Waals surface area contributed by atoms with E-state index in [4.69, 9.17) is 14.2 Å². The van der Waals surface area contributed by atoms with Gasteiger partial charge in [-0.2, -0.15) is 0 Å². The van der Waals surface area contributed by atoms with Gasteiger partial charge in [0.2, 0.25) is 0 Å². The van der Waals surface area contributed by atoms with Gasteiger partial charge in [-0.05, 0) is 31.9 Å². The number of amides is 2. The summed E-state index contributed by atoms with van der Waals surface area (Å²) in [6.45, 7) is 4.92. The summed E-state index contributed by atoms with van der Waals surface area (Å²) in [7, 11) is 0. The van der Waals surface area contributed by atoms with Gasteiger partial charge in [0, 0.05) is 31.5 Å². The lowest BCUT2D eigenvalue weighted by Gasteiger charge is -2.13. The van der Waals surface area contributed by atoms with Gasteiger partial charge in [0.05, 0.1) is 12.7 Å². The fraction of sp³-hybridized carbons (Fsp3) is 0.562. The minimum atomic E-state index is -0.254. The summed E-state index contributed by atoms with van der Waals surface area (Å²) in [5.41, 5.74) is 0.693. The molecule has 1 unspecified atom stereocenters. The van der Waals surface area contributed by atoms with Crippen LogP contribution in [0, 0.1) is 0 Å². The maximum Gasteiger partial charge on any atom is 0.319 e. The highest BCUT2D eigenvalue weighted by atomic mass is 16.5. The number of hydrogen-bond acceptors (Lipinski definition) is 4. The second-order valence-corrected chi connectivity index (χ2v) is 5.05. The van der Waals surface area contributed by atoms with E-state index in [0.29, 0.717) is 32.1 Å². The number of anilines is 1. The second-order valence-electron chi connectivity index (χ2n) is 5.05. The van der Waals surface area contributed by atoms with Crippen LogP contribution in [-0.4, -0.2) is 45.1 Å². The van der Waals surface area contributed by atoms with Gasteiger partial charge < -0.3 is 24.8 Å². The first-order valence-corrected chi connectivity index (χ1v) is 7.75. The summed E-state index contributed by atoms with van der Waals surface area (Å²) in [5.74, 6) is 0.725. The Morgan fingerprint density at radius 2 is 2.36 bits per heavy atom. The van der Waals surface area contributed by atoms with Crippen LogP contribution in [0.15, 0.2) is 24.3 Å². The van der Waals surface area contributed by atoms with Crippen LogP contribution in [0.1, 0.15) is 19.8 Å². The molecular weight excluding hydrogens is 284 g/mol. The van der Waals surface area contributed by atoms with Crippen molar-refractivity contribution in [2.45, 2.75) is 25.9 Å². The molecule has 122 valence electrons. The number of hydrogen-bond donors (Lipinski definition) is 2. The maximum atomic E-state index is 11.7. The minimum Gasteiger partial charge on any atom is -0.491 e. The van der Waals surface area contributed by atoms with Crippen LogP contribution >= 0.6 is 0 Å². The van der Waals surface area contributed by atoms with Crippen LogP contribution in [0.25, 0.3) is 0 Å². The van der Waals surface area contributed by atoms with Crippen LogP contribution < -0.4 is 15.4 Å². The quantitative estimate of drug-likeness (QED) is 0.724. The summed E-state index contributed by atoms with van der Waals surface area (Å²) in [5, 5.41) is 5.50. The van der Waals surface area contributed by atoms with Crippen molar-refractivity contribution in [2.24, 2.45) is 0 Å². The third kappa shape index (κ3) is 5.91. The number of nitrogens with one attached hydrogen (secondary N) is 2. The third-order valence-corrected chi connectivity index (χ3v) is 3.29. The zero-order valence-corrected chi connectivity index (χ0v) is 13.0. The molecule has 22 heavy (non-hydrogen) atoms. The average molecular weight is 308 g/mol. The van der Waals surface area contributed by atoms with Gasteiger partial charge in [0.1, 0.15) is 12.4 Å². The molecule has 1 saturated heterocycles. The van der Waals surface area contributed by atoms with Crippen molar-refractivity contribution in [1.29, 1.82) is 0 Å². The van der Waals surface area contributed by atoms with Crippen molar-refractivity contribution < 1.29 is 19.0 Å². The van der Waals surface area contributed by atoms with E-state index in [9.17, 15) is 4.79 Å². The molecule has 0 saturated carbocycles. The first-order chi connectivity index (χ1) is 10.8. The van der Waals surface area contributed by atoms with Crippen molar-refractivity contribution in [3.05, 3.63) is 24.3 Å². The Hall–Kier alpha value is -1.79. The van der Waals surface area contributed by atoms with Crippen molar-refractivity contribution in [3.8, 4) is 5.75 Å². The highest BCUT2D eigenvalue weighted by Crippen LogP contribution is 2.19. The largest absolute Gasteiger partial charge is 0.491 e. The summed E-state index contributed by atoms with van der Waals surface area (Å²) in [6, 6.07) is 7.09. The topological polar surface area (TPSA) is 68.8 Å². The predicted octanol–water partition coefficient (Wildman–Crippen LogP) is 2.40. The first kappa shape index (κ1) is 16.6. The zero-order chi connectivity index (χ0) is 15.6. The van der Waals surface area contributed by atoms with Crippen molar-refractivity contribution >= 4 is 11.7 Å². The number of ether oxygens (including phenoxy) is 3. The van der Waals surface area contributed by atoms with Gasteiger partial charge >= 0.3 is 6.03 Å². The SMILES string of the molecule is CCOCCNC(=O)Nc1cccc(OCC2CCCO2)c1. The number of urea groups is 1. The summed E-state index contributed by atoms with van der Waals surface area (Å²) in [4.78, 5) is 11.7. The lowest BCUT2D eigenvalue weighted by atomic mass is 10.2. The summed E-state index contributed by atoms with van der Waals surface area (Å²) < 4.78 is 16.4. The van der Waals surface area contributed by atoms with Crippen LogP contribution in [0.2, 0.25) is 0 Å². The number of carbonyl (C=O) groups excluding carboxylic acids is 1. The van der Waals surface area contributed by atoms with E-state index in [-0.39, 0.29) is 12.1 Å². The Labute approximate surface area is 131 Å². The molecule has 1 aliphatic rings. The highest BCUT2D eigenvalue weighted by molar-refractivity contribution is 5.89. The first-order valence-electron chi connectivity index (χ1n) is 7.75. The molecule has 0 aromatic heterocycles. The third-order valence-electron chi connectivity index (χ3n) is 3.29. The standard InChI is InChI=1S/C16H24N2O4/c1-2-20-10-8-17-16(19)18-13-5-3-6-14(11-13)22-12-15-7-4-9-21-15/h3,5-6,11,15H,2,4,7-10,12H2,1H3,(H2,17,18,19). The number of rotatable bonds is 8. The molecule has 0 bridgehead atoms. The molecular formula is C16H24N2O4. The molecule has 1 atom stereocenters. The molecule has 2 N–H and O–H groups in total. The zero-order valence-electron chi connectivity index (χ0n) is 13.0. The van der Waals surface area contributed by atoms with E-state index < -0.39 is 0 Å². The van der Waals surface area contributed by atoms with Crippen molar-refractivity contribution in [3.63, 3.8) is 0 Å². The summed E-state index contributed by atoms with van der Waals surface area (Å²) >= 11 is 0. The minimum absolute atomic E-state index is 0.179. The fourth-order valence-corrected chi connectivity index (χ4v) is 2.18. The Morgan fingerprint density at radius 3 is 3.14 bits per heavy atom. The van der Waals surface area contributed by atoms with Crippen LogP contribution in [-0.2, 0) is 9.47 Å². The molecule has 2 amide bonds. The molecule has 0 radical (unpaired) electrons.